The van der Waals surface area contributed by atoms with E-state index in [4.69, 9.17) is 0 Å². The number of carbonyl (C=O) groups is 2. The second-order valence-electron chi connectivity index (χ2n) is 8.31. The SMILES string of the molecule is CCCCCCC(=O)N1CCC2(CC1)SCCN2C(=O)C1CCCCC1. The average molecular weight is 381 g/mol. The molecule has 1 spiro atoms. The van der Waals surface area contributed by atoms with E-state index in [1.807, 2.05) is 11.8 Å². The molecule has 0 aromatic rings. The maximum absolute atomic E-state index is 13.1. The van der Waals surface area contributed by atoms with Crippen molar-refractivity contribution in [1.82, 2.24) is 9.80 Å². The molecular formula is C21H36N2O2S. The van der Waals surface area contributed by atoms with E-state index in [1.54, 1.807) is 0 Å². The van der Waals surface area contributed by atoms with Crippen LogP contribution in [-0.2, 0) is 9.59 Å². The number of nitrogens with zero attached hydrogens (tertiary/aromatic N) is 2. The molecule has 0 radical (unpaired) electrons. The highest BCUT2D eigenvalue weighted by Gasteiger charge is 2.47. The number of thioether (sulfide) groups is 1. The Morgan fingerprint density at radius 2 is 1.73 bits per heavy atom. The van der Waals surface area contributed by atoms with Gasteiger partial charge in [-0.15, -0.1) is 11.8 Å². The van der Waals surface area contributed by atoms with Gasteiger partial charge in [0.1, 0.15) is 0 Å². The highest BCUT2D eigenvalue weighted by molar-refractivity contribution is 8.00. The zero-order chi connectivity index (χ0) is 18.4. The van der Waals surface area contributed by atoms with Crippen LogP contribution in [0, 0.1) is 5.92 Å². The Labute approximate surface area is 163 Å². The van der Waals surface area contributed by atoms with Crippen LogP contribution in [0.15, 0.2) is 0 Å². The van der Waals surface area contributed by atoms with Gasteiger partial charge in [0, 0.05) is 37.7 Å². The molecule has 3 aliphatic rings. The maximum Gasteiger partial charge on any atom is 0.226 e. The molecule has 26 heavy (non-hydrogen) atoms. The summed E-state index contributed by atoms with van der Waals surface area (Å²) >= 11 is 1.97. The number of hydrogen-bond donors (Lipinski definition) is 0. The van der Waals surface area contributed by atoms with Crippen molar-refractivity contribution in [3.05, 3.63) is 0 Å². The molecule has 0 aromatic carbocycles. The van der Waals surface area contributed by atoms with E-state index in [0.29, 0.717) is 18.2 Å². The third kappa shape index (κ3) is 4.58. The lowest BCUT2D eigenvalue weighted by molar-refractivity contribution is -0.141. The van der Waals surface area contributed by atoms with Crippen molar-refractivity contribution in [2.24, 2.45) is 5.92 Å². The van der Waals surface area contributed by atoms with Gasteiger partial charge in [0.05, 0.1) is 4.87 Å². The van der Waals surface area contributed by atoms with Gasteiger partial charge in [-0.05, 0) is 32.1 Å². The first-order valence-electron chi connectivity index (χ1n) is 10.9. The highest BCUT2D eigenvalue weighted by atomic mass is 32.2. The predicted molar refractivity (Wildman–Crippen MR) is 108 cm³/mol. The molecule has 2 amide bonds. The fourth-order valence-electron chi connectivity index (χ4n) is 4.87. The van der Waals surface area contributed by atoms with Crippen LogP contribution in [0.5, 0.6) is 0 Å². The molecule has 0 N–H and O–H groups in total. The van der Waals surface area contributed by atoms with Gasteiger partial charge in [-0.2, -0.15) is 0 Å². The van der Waals surface area contributed by atoms with Gasteiger partial charge in [0.2, 0.25) is 11.8 Å². The van der Waals surface area contributed by atoms with Crippen molar-refractivity contribution in [3.8, 4) is 0 Å². The van der Waals surface area contributed by atoms with Crippen molar-refractivity contribution in [2.45, 2.75) is 88.8 Å². The van der Waals surface area contributed by atoms with E-state index in [9.17, 15) is 9.59 Å². The Kier molecular flexibility index (Phi) is 7.30. The van der Waals surface area contributed by atoms with Gasteiger partial charge in [-0.25, -0.2) is 0 Å². The van der Waals surface area contributed by atoms with Gasteiger partial charge >= 0.3 is 0 Å². The summed E-state index contributed by atoms with van der Waals surface area (Å²) in [7, 11) is 0. The Morgan fingerprint density at radius 3 is 2.42 bits per heavy atom. The molecule has 5 heteroatoms. The summed E-state index contributed by atoms with van der Waals surface area (Å²) < 4.78 is 0. The quantitative estimate of drug-likeness (QED) is 0.640. The number of likely N-dealkylation sites (tertiary alicyclic amines) is 1. The molecule has 0 aromatic heterocycles. The Morgan fingerprint density at radius 1 is 1.00 bits per heavy atom. The number of hydrogen-bond acceptors (Lipinski definition) is 3. The van der Waals surface area contributed by atoms with Crippen LogP contribution >= 0.6 is 11.8 Å². The van der Waals surface area contributed by atoms with Crippen LogP contribution in [0.25, 0.3) is 0 Å². The van der Waals surface area contributed by atoms with Crippen molar-refractivity contribution < 1.29 is 9.59 Å². The fourth-order valence-corrected chi connectivity index (χ4v) is 6.33. The van der Waals surface area contributed by atoms with Crippen LogP contribution in [0.3, 0.4) is 0 Å². The molecule has 3 fully saturated rings. The number of unbranched alkanes of at least 4 members (excludes halogenated alkanes) is 3. The summed E-state index contributed by atoms with van der Waals surface area (Å²) in [4.78, 5) is 29.8. The predicted octanol–water partition coefficient (Wildman–Crippen LogP) is 4.43. The van der Waals surface area contributed by atoms with E-state index in [0.717, 1.165) is 57.5 Å². The molecule has 0 atom stereocenters. The Balaban J connectivity index is 1.51. The first-order chi connectivity index (χ1) is 12.7. The number of rotatable bonds is 6. The molecule has 2 heterocycles. The lowest BCUT2D eigenvalue weighted by Crippen LogP contribution is -2.55. The minimum absolute atomic E-state index is 0.0203. The summed E-state index contributed by atoms with van der Waals surface area (Å²) in [5.74, 6) is 2.05. The van der Waals surface area contributed by atoms with Crippen molar-refractivity contribution in [1.29, 1.82) is 0 Å². The first-order valence-corrected chi connectivity index (χ1v) is 11.9. The van der Waals surface area contributed by atoms with Gasteiger partial charge < -0.3 is 9.80 Å². The van der Waals surface area contributed by atoms with Crippen LogP contribution in [0.1, 0.15) is 84.0 Å². The highest BCUT2D eigenvalue weighted by Crippen LogP contribution is 2.45. The van der Waals surface area contributed by atoms with Crippen LogP contribution in [0.4, 0.5) is 0 Å². The minimum Gasteiger partial charge on any atom is -0.342 e. The van der Waals surface area contributed by atoms with Gasteiger partial charge in [0.15, 0.2) is 0 Å². The summed E-state index contributed by atoms with van der Waals surface area (Å²) in [5.41, 5.74) is 0. The second kappa shape index (κ2) is 9.48. The molecule has 2 saturated heterocycles. The monoisotopic (exact) mass is 380 g/mol. The van der Waals surface area contributed by atoms with E-state index >= 15 is 0 Å². The zero-order valence-corrected chi connectivity index (χ0v) is 17.3. The van der Waals surface area contributed by atoms with E-state index in [2.05, 4.69) is 16.7 Å². The lowest BCUT2D eigenvalue weighted by atomic mass is 9.87. The van der Waals surface area contributed by atoms with Crippen LogP contribution < -0.4 is 0 Å². The minimum atomic E-state index is -0.0203. The molecule has 1 saturated carbocycles. The molecular weight excluding hydrogens is 344 g/mol. The second-order valence-corrected chi connectivity index (χ2v) is 9.77. The third-order valence-electron chi connectivity index (χ3n) is 6.54. The smallest absolute Gasteiger partial charge is 0.226 e. The van der Waals surface area contributed by atoms with Crippen molar-refractivity contribution in [3.63, 3.8) is 0 Å². The van der Waals surface area contributed by atoms with Crippen molar-refractivity contribution >= 4 is 23.6 Å². The number of amides is 2. The summed E-state index contributed by atoms with van der Waals surface area (Å²) in [6, 6.07) is 0. The van der Waals surface area contributed by atoms with Crippen LogP contribution in [-0.4, -0.2) is 51.9 Å². The molecule has 2 aliphatic heterocycles. The fraction of sp³-hybridized carbons (Fsp3) is 0.905. The number of carbonyl (C=O) groups excluding carboxylic acids is 2. The Bertz CT molecular complexity index is 482. The van der Waals surface area contributed by atoms with Crippen molar-refractivity contribution in [2.75, 3.05) is 25.4 Å². The van der Waals surface area contributed by atoms with E-state index in [1.165, 1.54) is 38.5 Å². The van der Waals surface area contributed by atoms with Gasteiger partial charge in [0.25, 0.3) is 0 Å². The van der Waals surface area contributed by atoms with Gasteiger partial charge in [-0.1, -0.05) is 45.4 Å². The summed E-state index contributed by atoms with van der Waals surface area (Å²) in [6.07, 6.45) is 13.1. The summed E-state index contributed by atoms with van der Waals surface area (Å²) in [5, 5.41) is 0. The number of piperidine rings is 1. The normalized spacial score (nSPS) is 23.6. The average Bonchev–Trinajstić information content (AvgIpc) is 3.08. The molecule has 3 rings (SSSR count). The maximum atomic E-state index is 13.1. The van der Waals surface area contributed by atoms with Crippen LogP contribution in [0.2, 0.25) is 0 Å². The molecule has 0 unspecified atom stereocenters. The van der Waals surface area contributed by atoms with Gasteiger partial charge in [-0.3, -0.25) is 9.59 Å². The standard InChI is InChI=1S/C21H36N2O2S/c1-2-3-4-8-11-19(24)22-14-12-21(13-15-22)23(16-17-26-21)20(25)18-9-6-5-7-10-18/h18H,2-17H2,1H3. The molecule has 148 valence electrons. The first kappa shape index (κ1) is 20.0. The summed E-state index contributed by atoms with van der Waals surface area (Å²) in [6.45, 7) is 4.76. The molecule has 4 nitrogen and oxygen atoms in total. The largest absolute Gasteiger partial charge is 0.342 e. The van der Waals surface area contributed by atoms with E-state index in [-0.39, 0.29) is 10.8 Å². The third-order valence-corrected chi connectivity index (χ3v) is 8.09. The lowest BCUT2D eigenvalue weighted by Gasteiger charge is -2.45. The van der Waals surface area contributed by atoms with E-state index < -0.39 is 0 Å². The topological polar surface area (TPSA) is 40.6 Å². The molecule has 0 bridgehead atoms. The zero-order valence-electron chi connectivity index (χ0n) is 16.5. The molecule has 1 aliphatic carbocycles. The Hall–Kier alpha value is -0.710.